The minimum Gasteiger partial charge on any atom is -0.310 e. The number of hydrogen-bond donors (Lipinski definition) is 0. The van der Waals surface area contributed by atoms with Crippen LogP contribution in [0.15, 0.2) is 47.4 Å². The number of benzene rings is 2. The summed E-state index contributed by atoms with van der Waals surface area (Å²) < 4.78 is 15.7. The maximum atomic E-state index is 14.0. The van der Waals surface area contributed by atoms with Crippen molar-refractivity contribution in [2.45, 2.75) is 11.8 Å². The zero-order valence-corrected chi connectivity index (χ0v) is 14.3. The van der Waals surface area contributed by atoms with E-state index in [1.54, 1.807) is 34.5 Å². The molecule has 0 radical (unpaired) electrons. The zero-order chi connectivity index (χ0) is 16.4. The van der Waals surface area contributed by atoms with Crippen LogP contribution in [0.4, 0.5) is 4.39 Å². The first kappa shape index (κ1) is 16.0. The lowest BCUT2D eigenvalue weighted by molar-refractivity contribution is 0.629. The summed E-state index contributed by atoms with van der Waals surface area (Å²) in [5.41, 5.74) is 1.20. The van der Waals surface area contributed by atoms with E-state index >= 15 is 0 Å². The molecule has 0 saturated heterocycles. The van der Waals surface area contributed by atoms with Gasteiger partial charge in [-0.1, -0.05) is 30.7 Å². The monoisotopic (exact) mass is 347 g/mol. The Labute approximate surface area is 143 Å². The van der Waals surface area contributed by atoms with Crippen molar-refractivity contribution in [3.05, 3.63) is 53.3 Å². The number of thioether (sulfide) groups is 1. The SMILES string of the molecule is CCSc1ccc(-c2nnc(-c3ccccc3F)n2C)c(Cl)c1. The molecule has 3 aromatic rings. The van der Waals surface area contributed by atoms with Crippen LogP contribution in [0.2, 0.25) is 5.02 Å². The van der Waals surface area contributed by atoms with Gasteiger partial charge in [-0.2, -0.15) is 0 Å². The van der Waals surface area contributed by atoms with Gasteiger partial charge in [-0.3, -0.25) is 0 Å². The molecule has 0 atom stereocenters. The fourth-order valence-corrected chi connectivity index (χ4v) is 3.40. The minimum atomic E-state index is -0.324. The molecule has 2 aromatic carbocycles. The Hall–Kier alpha value is -1.85. The van der Waals surface area contributed by atoms with E-state index in [0.29, 0.717) is 22.2 Å². The highest BCUT2D eigenvalue weighted by molar-refractivity contribution is 7.99. The standard InChI is InChI=1S/C17H15ClFN3S/c1-3-23-11-8-9-12(14(18)10-11)16-20-21-17(22(16)2)13-6-4-5-7-15(13)19/h4-10H,3H2,1-2H3. The van der Waals surface area contributed by atoms with Crippen LogP contribution < -0.4 is 0 Å². The van der Waals surface area contributed by atoms with Gasteiger partial charge < -0.3 is 4.57 Å². The van der Waals surface area contributed by atoms with Gasteiger partial charge in [-0.15, -0.1) is 22.0 Å². The Morgan fingerprint density at radius 1 is 1.09 bits per heavy atom. The summed E-state index contributed by atoms with van der Waals surface area (Å²) >= 11 is 8.11. The fourth-order valence-electron chi connectivity index (χ4n) is 2.37. The molecular formula is C17H15ClFN3S. The number of nitrogens with zero attached hydrogens (tertiary/aromatic N) is 3. The minimum absolute atomic E-state index is 0.324. The number of halogens is 2. The Morgan fingerprint density at radius 2 is 1.78 bits per heavy atom. The number of rotatable bonds is 4. The van der Waals surface area contributed by atoms with Gasteiger partial charge in [0.2, 0.25) is 0 Å². The van der Waals surface area contributed by atoms with E-state index < -0.39 is 0 Å². The molecule has 0 saturated carbocycles. The largest absolute Gasteiger partial charge is 0.310 e. The molecule has 0 N–H and O–H groups in total. The summed E-state index contributed by atoms with van der Waals surface area (Å²) in [6.07, 6.45) is 0. The van der Waals surface area contributed by atoms with Crippen LogP contribution in [0.3, 0.4) is 0 Å². The van der Waals surface area contributed by atoms with Crippen molar-refractivity contribution in [3.8, 4) is 22.8 Å². The molecule has 23 heavy (non-hydrogen) atoms. The molecule has 6 heteroatoms. The third-order valence-electron chi connectivity index (χ3n) is 3.48. The van der Waals surface area contributed by atoms with Crippen molar-refractivity contribution in [3.63, 3.8) is 0 Å². The maximum absolute atomic E-state index is 14.0. The zero-order valence-electron chi connectivity index (χ0n) is 12.8. The van der Waals surface area contributed by atoms with Crippen LogP contribution in [0, 0.1) is 5.82 Å². The van der Waals surface area contributed by atoms with Gasteiger partial charge >= 0.3 is 0 Å². The van der Waals surface area contributed by atoms with E-state index in [9.17, 15) is 4.39 Å². The molecule has 0 unspecified atom stereocenters. The summed E-state index contributed by atoms with van der Waals surface area (Å²) in [6, 6.07) is 12.4. The molecule has 3 nitrogen and oxygen atoms in total. The van der Waals surface area contributed by atoms with E-state index in [4.69, 9.17) is 11.6 Å². The van der Waals surface area contributed by atoms with Crippen LogP contribution in [0.25, 0.3) is 22.8 Å². The molecule has 118 valence electrons. The maximum Gasteiger partial charge on any atom is 0.166 e. The van der Waals surface area contributed by atoms with Crippen LogP contribution >= 0.6 is 23.4 Å². The third-order valence-corrected chi connectivity index (χ3v) is 4.67. The summed E-state index contributed by atoms with van der Waals surface area (Å²) in [6.45, 7) is 2.09. The lowest BCUT2D eigenvalue weighted by atomic mass is 10.2. The highest BCUT2D eigenvalue weighted by Gasteiger charge is 2.17. The first-order chi connectivity index (χ1) is 11.1. The van der Waals surface area contributed by atoms with Crippen LogP contribution in [0.1, 0.15) is 6.92 Å². The van der Waals surface area contributed by atoms with Gasteiger partial charge in [0, 0.05) is 17.5 Å². The van der Waals surface area contributed by atoms with Gasteiger partial charge in [0.25, 0.3) is 0 Å². The average Bonchev–Trinajstić information content (AvgIpc) is 2.90. The number of hydrogen-bond acceptors (Lipinski definition) is 3. The van der Waals surface area contributed by atoms with E-state index in [1.807, 2.05) is 25.2 Å². The molecule has 0 aliphatic rings. The first-order valence-corrected chi connectivity index (χ1v) is 8.55. The fraction of sp³-hybridized carbons (Fsp3) is 0.176. The summed E-state index contributed by atoms with van der Waals surface area (Å²) in [5, 5.41) is 8.94. The molecule has 0 amide bonds. The van der Waals surface area contributed by atoms with Gasteiger partial charge in [-0.25, -0.2) is 4.39 Å². The molecule has 1 heterocycles. The van der Waals surface area contributed by atoms with E-state index in [0.717, 1.165) is 16.2 Å². The topological polar surface area (TPSA) is 30.7 Å². The summed E-state index contributed by atoms with van der Waals surface area (Å²) in [5.74, 6) is 1.75. The van der Waals surface area contributed by atoms with Gasteiger partial charge in [-0.05, 0) is 36.1 Å². The number of aromatic nitrogens is 3. The van der Waals surface area contributed by atoms with E-state index in [-0.39, 0.29) is 5.82 Å². The van der Waals surface area contributed by atoms with Gasteiger partial charge in [0.1, 0.15) is 5.82 Å². The molecule has 3 rings (SSSR count). The second kappa shape index (κ2) is 6.72. The molecule has 0 fully saturated rings. The first-order valence-electron chi connectivity index (χ1n) is 7.18. The normalized spacial score (nSPS) is 11.0. The van der Waals surface area contributed by atoms with Crippen molar-refractivity contribution in [2.24, 2.45) is 7.05 Å². The second-order valence-electron chi connectivity index (χ2n) is 4.96. The lowest BCUT2D eigenvalue weighted by Gasteiger charge is -2.08. The third kappa shape index (κ3) is 3.12. The molecular weight excluding hydrogens is 333 g/mol. The Kier molecular flexibility index (Phi) is 4.68. The smallest absolute Gasteiger partial charge is 0.166 e. The van der Waals surface area contributed by atoms with Crippen molar-refractivity contribution in [2.75, 3.05) is 5.75 Å². The average molecular weight is 348 g/mol. The quantitative estimate of drug-likeness (QED) is 0.618. The van der Waals surface area contributed by atoms with Gasteiger partial charge in [0.05, 0.1) is 10.6 Å². The van der Waals surface area contributed by atoms with Crippen molar-refractivity contribution < 1.29 is 4.39 Å². The Balaban J connectivity index is 2.05. The molecule has 1 aromatic heterocycles. The van der Waals surface area contributed by atoms with Crippen molar-refractivity contribution >= 4 is 23.4 Å². The predicted octanol–water partition coefficient (Wildman–Crippen LogP) is 5.05. The predicted molar refractivity (Wildman–Crippen MR) is 93.2 cm³/mol. The highest BCUT2D eigenvalue weighted by Crippen LogP contribution is 2.32. The lowest BCUT2D eigenvalue weighted by Crippen LogP contribution is -1.97. The summed E-state index contributed by atoms with van der Waals surface area (Å²) in [7, 11) is 1.81. The van der Waals surface area contributed by atoms with Crippen molar-refractivity contribution in [1.29, 1.82) is 0 Å². The molecule has 0 spiro atoms. The Bertz CT molecular complexity index is 848. The summed E-state index contributed by atoms with van der Waals surface area (Å²) in [4.78, 5) is 1.11. The molecule has 0 aliphatic heterocycles. The van der Waals surface area contributed by atoms with E-state index in [1.165, 1.54) is 6.07 Å². The van der Waals surface area contributed by atoms with E-state index in [2.05, 4.69) is 17.1 Å². The Morgan fingerprint density at radius 3 is 2.43 bits per heavy atom. The van der Waals surface area contributed by atoms with Crippen LogP contribution in [-0.4, -0.2) is 20.5 Å². The highest BCUT2D eigenvalue weighted by atomic mass is 35.5. The van der Waals surface area contributed by atoms with Gasteiger partial charge in [0.15, 0.2) is 11.6 Å². The van der Waals surface area contributed by atoms with Crippen molar-refractivity contribution in [1.82, 2.24) is 14.8 Å². The second-order valence-corrected chi connectivity index (χ2v) is 6.71. The molecule has 0 aliphatic carbocycles. The van der Waals surface area contributed by atoms with Crippen LogP contribution in [-0.2, 0) is 7.05 Å². The molecule has 0 bridgehead atoms. The van der Waals surface area contributed by atoms with Crippen LogP contribution in [0.5, 0.6) is 0 Å².